The Morgan fingerprint density at radius 2 is 2.19 bits per heavy atom. The summed E-state index contributed by atoms with van der Waals surface area (Å²) in [6.07, 6.45) is 3.30. The molecule has 2 aliphatic rings. The zero-order valence-electron chi connectivity index (χ0n) is 16.2. The molecule has 1 aromatic carbocycles. The highest BCUT2D eigenvalue weighted by atomic mass is 16.5. The van der Waals surface area contributed by atoms with Gasteiger partial charge in [0.15, 0.2) is 0 Å². The summed E-state index contributed by atoms with van der Waals surface area (Å²) in [4.78, 5) is 26.3. The van der Waals surface area contributed by atoms with Gasteiger partial charge in [0.05, 0.1) is 12.6 Å². The van der Waals surface area contributed by atoms with E-state index in [1.807, 2.05) is 30.3 Å². The van der Waals surface area contributed by atoms with E-state index >= 15 is 0 Å². The second-order valence-electron chi connectivity index (χ2n) is 7.76. The van der Waals surface area contributed by atoms with Gasteiger partial charge in [-0.3, -0.25) is 9.59 Å². The summed E-state index contributed by atoms with van der Waals surface area (Å²) in [7, 11) is 0. The minimum atomic E-state index is -0.0848. The van der Waals surface area contributed by atoms with Crippen LogP contribution in [0.5, 0.6) is 5.75 Å². The summed E-state index contributed by atoms with van der Waals surface area (Å²) >= 11 is 0. The number of hydrogen-bond donors (Lipinski definition) is 2. The predicted molar refractivity (Wildman–Crippen MR) is 104 cm³/mol. The molecule has 3 rings (SSSR count). The number of benzene rings is 1. The van der Waals surface area contributed by atoms with Crippen LogP contribution >= 0.6 is 0 Å². The molecule has 0 spiro atoms. The first-order valence-electron chi connectivity index (χ1n) is 10.1. The summed E-state index contributed by atoms with van der Waals surface area (Å²) in [5, 5.41) is 6.46. The first-order valence-corrected chi connectivity index (χ1v) is 10.1. The van der Waals surface area contributed by atoms with Gasteiger partial charge in [-0.05, 0) is 49.9 Å². The lowest BCUT2D eigenvalue weighted by atomic mass is 9.85. The van der Waals surface area contributed by atoms with Gasteiger partial charge in [0.1, 0.15) is 12.4 Å². The van der Waals surface area contributed by atoms with Crippen molar-refractivity contribution in [3.8, 4) is 5.75 Å². The highest BCUT2D eigenvalue weighted by molar-refractivity contribution is 5.82. The van der Waals surface area contributed by atoms with Gasteiger partial charge < -0.3 is 20.3 Å². The third-order valence-electron chi connectivity index (χ3n) is 5.60. The number of nitrogens with zero attached hydrogens (tertiary/aromatic N) is 1. The van der Waals surface area contributed by atoms with E-state index in [2.05, 4.69) is 17.6 Å². The number of hydrogen-bond acceptors (Lipinski definition) is 4. The van der Waals surface area contributed by atoms with Crippen LogP contribution in [-0.4, -0.2) is 55.5 Å². The highest BCUT2D eigenvalue weighted by Crippen LogP contribution is 2.22. The normalized spacial score (nSPS) is 23.9. The number of carbonyl (C=O) groups is 2. The zero-order valence-corrected chi connectivity index (χ0v) is 16.2. The van der Waals surface area contributed by atoms with E-state index in [1.165, 1.54) is 12.8 Å². The molecule has 6 heteroatoms. The zero-order chi connectivity index (χ0) is 19.1. The van der Waals surface area contributed by atoms with Gasteiger partial charge in [-0.15, -0.1) is 0 Å². The topological polar surface area (TPSA) is 70.7 Å². The number of likely N-dealkylation sites (tertiary alicyclic amines) is 1. The van der Waals surface area contributed by atoms with Crippen LogP contribution in [-0.2, 0) is 9.59 Å². The van der Waals surface area contributed by atoms with Crippen LogP contribution in [0.1, 0.15) is 32.6 Å². The van der Waals surface area contributed by atoms with E-state index in [9.17, 15) is 9.59 Å². The number of rotatable bonds is 8. The second kappa shape index (κ2) is 9.74. The molecule has 0 aliphatic carbocycles. The Morgan fingerprint density at radius 1 is 1.37 bits per heavy atom. The maximum absolute atomic E-state index is 12.4. The third-order valence-corrected chi connectivity index (χ3v) is 5.60. The van der Waals surface area contributed by atoms with Crippen LogP contribution in [0.25, 0.3) is 0 Å². The largest absolute Gasteiger partial charge is 0.492 e. The molecule has 0 aromatic heterocycles. The molecule has 2 amide bonds. The lowest BCUT2D eigenvalue weighted by Crippen LogP contribution is -2.40. The van der Waals surface area contributed by atoms with E-state index in [0.29, 0.717) is 44.4 Å². The molecule has 0 saturated carbocycles. The first-order chi connectivity index (χ1) is 13.1. The molecule has 3 atom stereocenters. The fraction of sp³-hybridized carbons (Fsp3) is 0.619. The maximum atomic E-state index is 12.4. The lowest BCUT2D eigenvalue weighted by Gasteiger charge is -2.28. The molecule has 1 aromatic rings. The Balaban J connectivity index is 1.37. The fourth-order valence-electron chi connectivity index (χ4n) is 3.99. The van der Waals surface area contributed by atoms with Gasteiger partial charge in [-0.1, -0.05) is 25.1 Å². The average molecular weight is 373 g/mol. The van der Waals surface area contributed by atoms with Crippen molar-refractivity contribution in [1.29, 1.82) is 0 Å². The van der Waals surface area contributed by atoms with Crippen LogP contribution < -0.4 is 15.4 Å². The van der Waals surface area contributed by atoms with E-state index < -0.39 is 0 Å². The van der Waals surface area contributed by atoms with Crippen molar-refractivity contribution >= 4 is 11.8 Å². The Labute approximate surface area is 161 Å². The van der Waals surface area contributed by atoms with Crippen LogP contribution in [0.3, 0.4) is 0 Å². The van der Waals surface area contributed by atoms with E-state index in [-0.39, 0.29) is 17.9 Å². The molecule has 6 nitrogen and oxygen atoms in total. The van der Waals surface area contributed by atoms with Gasteiger partial charge in [0.2, 0.25) is 11.8 Å². The van der Waals surface area contributed by atoms with E-state index in [1.54, 1.807) is 4.90 Å². The second-order valence-corrected chi connectivity index (χ2v) is 7.76. The summed E-state index contributed by atoms with van der Waals surface area (Å²) in [5.41, 5.74) is 0. The molecule has 0 radical (unpaired) electrons. The molecule has 2 heterocycles. The molecule has 148 valence electrons. The molecular weight excluding hydrogens is 342 g/mol. The van der Waals surface area contributed by atoms with Crippen molar-refractivity contribution in [2.45, 2.75) is 38.6 Å². The van der Waals surface area contributed by atoms with Gasteiger partial charge in [0.25, 0.3) is 0 Å². The van der Waals surface area contributed by atoms with E-state index in [4.69, 9.17) is 4.74 Å². The van der Waals surface area contributed by atoms with Gasteiger partial charge >= 0.3 is 0 Å². The van der Waals surface area contributed by atoms with Crippen molar-refractivity contribution in [1.82, 2.24) is 15.5 Å². The van der Waals surface area contributed by atoms with Crippen molar-refractivity contribution in [2.75, 3.05) is 32.8 Å². The number of piperidine rings is 1. The minimum Gasteiger partial charge on any atom is -0.492 e. The smallest absolute Gasteiger partial charge is 0.224 e. The number of para-hydroxylation sites is 1. The van der Waals surface area contributed by atoms with Crippen LogP contribution in [0.4, 0.5) is 0 Å². The number of carbonyl (C=O) groups excluding carboxylic acids is 2. The SMILES string of the molecule is CC(CC(=O)NC1CC(=O)N(CCOc2ccccc2)C1)C1CCCNC1. The minimum absolute atomic E-state index is 0.0632. The summed E-state index contributed by atoms with van der Waals surface area (Å²) < 4.78 is 5.67. The van der Waals surface area contributed by atoms with Gasteiger partial charge in [0, 0.05) is 19.4 Å². The number of ether oxygens (including phenoxy) is 1. The Kier molecular flexibility index (Phi) is 7.10. The standard InChI is InChI=1S/C21H31N3O3/c1-16(17-6-5-9-22-14-17)12-20(25)23-18-13-21(26)24(15-18)10-11-27-19-7-3-2-4-8-19/h2-4,7-8,16-18,22H,5-6,9-15H2,1H3,(H,23,25). The molecular formula is C21H31N3O3. The average Bonchev–Trinajstić information content (AvgIpc) is 3.02. The summed E-state index contributed by atoms with van der Waals surface area (Å²) in [6, 6.07) is 9.50. The molecule has 2 fully saturated rings. The van der Waals surface area contributed by atoms with Crippen LogP contribution in [0, 0.1) is 11.8 Å². The van der Waals surface area contributed by atoms with Crippen molar-refractivity contribution in [3.05, 3.63) is 30.3 Å². The maximum Gasteiger partial charge on any atom is 0.224 e. The first kappa shape index (κ1) is 19.7. The van der Waals surface area contributed by atoms with Crippen molar-refractivity contribution in [3.63, 3.8) is 0 Å². The lowest BCUT2D eigenvalue weighted by molar-refractivity contribution is -0.128. The van der Waals surface area contributed by atoms with Crippen molar-refractivity contribution < 1.29 is 14.3 Å². The van der Waals surface area contributed by atoms with Gasteiger partial charge in [-0.25, -0.2) is 0 Å². The summed E-state index contributed by atoms with van der Waals surface area (Å²) in [5.74, 6) is 1.89. The van der Waals surface area contributed by atoms with Crippen LogP contribution in [0.15, 0.2) is 30.3 Å². The molecule has 2 saturated heterocycles. The molecule has 0 bridgehead atoms. The fourth-order valence-corrected chi connectivity index (χ4v) is 3.99. The van der Waals surface area contributed by atoms with E-state index in [0.717, 1.165) is 18.8 Å². The Morgan fingerprint density at radius 3 is 2.93 bits per heavy atom. The molecule has 3 unspecified atom stereocenters. The predicted octanol–water partition coefficient (Wildman–Crippen LogP) is 1.81. The third kappa shape index (κ3) is 5.96. The monoisotopic (exact) mass is 373 g/mol. The number of amides is 2. The molecule has 2 N–H and O–H groups in total. The highest BCUT2D eigenvalue weighted by Gasteiger charge is 2.31. The van der Waals surface area contributed by atoms with Crippen LogP contribution in [0.2, 0.25) is 0 Å². The van der Waals surface area contributed by atoms with Gasteiger partial charge in [-0.2, -0.15) is 0 Å². The Hall–Kier alpha value is -2.08. The quantitative estimate of drug-likeness (QED) is 0.729. The van der Waals surface area contributed by atoms with Crippen molar-refractivity contribution in [2.24, 2.45) is 11.8 Å². The number of nitrogens with one attached hydrogen (secondary N) is 2. The molecule has 2 aliphatic heterocycles. The molecule has 27 heavy (non-hydrogen) atoms. The Bertz CT molecular complexity index is 616. The summed E-state index contributed by atoms with van der Waals surface area (Å²) in [6.45, 7) is 5.83.